The minimum atomic E-state index is 0.0214. The van der Waals surface area contributed by atoms with Gasteiger partial charge >= 0.3 is 0 Å². The SMILES string of the molecule is CC(C)c1noc(CN2CCC(C3OCCO3)CC2)n1. The maximum Gasteiger partial charge on any atom is 0.240 e. The monoisotopic (exact) mass is 281 g/mol. The van der Waals surface area contributed by atoms with Crippen molar-refractivity contribution in [3.63, 3.8) is 0 Å². The lowest BCUT2D eigenvalue weighted by atomic mass is 9.96. The highest BCUT2D eigenvalue weighted by atomic mass is 16.7. The highest BCUT2D eigenvalue weighted by Crippen LogP contribution is 2.26. The molecule has 0 saturated carbocycles. The first kappa shape index (κ1) is 14.0. The number of hydrogen-bond donors (Lipinski definition) is 0. The highest BCUT2D eigenvalue weighted by Gasteiger charge is 2.30. The highest BCUT2D eigenvalue weighted by molar-refractivity contribution is 4.92. The molecule has 0 N–H and O–H groups in total. The predicted molar refractivity (Wildman–Crippen MR) is 72.1 cm³/mol. The molecule has 0 radical (unpaired) electrons. The fraction of sp³-hybridized carbons (Fsp3) is 0.857. The van der Waals surface area contributed by atoms with Gasteiger partial charge < -0.3 is 14.0 Å². The fourth-order valence-corrected chi connectivity index (χ4v) is 2.79. The van der Waals surface area contributed by atoms with Crippen LogP contribution in [0, 0.1) is 5.92 Å². The minimum Gasteiger partial charge on any atom is -0.350 e. The van der Waals surface area contributed by atoms with Gasteiger partial charge in [0.15, 0.2) is 12.1 Å². The van der Waals surface area contributed by atoms with E-state index in [2.05, 4.69) is 28.9 Å². The van der Waals surface area contributed by atoms with Crippen LogP contribution in [0.5, 0.6) is 0 Å². The summed E-state index contributed by atoms with van der Waals surface area (Å²) in [5.74, 6) is 2.36. The lowest BCUT2D eigenvalue weighted by Gasteiger charge is -2.32. The molecular weight excluding hydrogens is 258 g/mol. The van der Waals surface area contributed by atoms with Crippen molar-refractivity contribution in [2.24, 2.45) is 5.92 Å². The Hall–Kier alpha value is -0.980. The molecule has 0 amide bonds. The lowest BCUT2D eigenvalue weighted by Crippen LogP contribution is -2.37. The Morgan fingerprint density at radius 1 is 1.20 bits per heavy atom. The van der Waals surface area contributed by atoms with Gasteiger partial charge in [0.2, 0.25) is 5.89 Å². The number of nitrogens with zero attached hydrogens (tertiary/aromatic N) is 3. The third-order valence-electron chi connectivity index (χ3n) is 4.02. The van der Waals surface area contributed by atoms with E-state index >= 15 is 0 Å². The van der Waals surface area contributed by atoms with Gasteiger partial charge in [0.25, 0.3) is 0 Å². The van der Waals surface area contributed by atoms with Gasteiger partial charge in [0.1, 0.15) is 0 Å². The Bertz CT molecular complexity index is 421. The van der Waals surface area contributed by atoms with E-state index in [1.807, 2.05) is 0 Å². The summed E-state index contributed by atoms with van der Waals surface area (Å²) in [6, 6.07) is 0. The topological polar surface area (TPSA) is 60.6 Å². The average molecular weight is 281 g/mol. The van der Waals surface area contributed by atoms with Crippen LogP contribution in [0.15, 0.2) is 4.52 Å². The van der Waals surface area contributed by atoms with E-state index in [9.17, 15) is 0 Å². The molecule has 2 aliphatic heterocycles. The molecule has 2 saturated heterocycles. The summed E-state index contributed by atoms with van der Waals surface area (Å²) >= 11 is 0. The van der Waals surface area contributed by atoms with Crippen LogP contribution in [0.1, 0.15) is 44.3 Å². The smallest absolute Gasteiger partial charge is 0.240 e. The van der Waals surface area contributed by atoms with Crippen LogP contribution in [-0.4, -0.2) is 47.6 Å². The largest absolute Gasteiger partial charge is 0.350 e. The number of ether oxygens (including phenoxy) is 2. The second-order valence-electron chi connectivity index (χ2n) is 5.92. The second-order valence-corrected chi connectivity index (χ2v) is 5.92. The number of likely N-dealkylation sites (tertiary alicyclic amines) is 1. The quantitative estimate of drug-likeness (QED) is 0.838. The zero-order valence-electron chi connectivity index (χ0n) is 12.2. The molecule has 0 aliphatic carbocycles. The Morgan fingerprint density at radius 3 is 2.50 bits per heavy atom. The van der Waals surface area contributed by atoms with Crippen molar-refractivity contribution in [3.8, 4) is 0 Å². The second kappa shape index (κ2) is 6.20. The standard InChI is InChI=1S/C14H23N3O3/c1-10(2)13-15-12(20-16-13)9-17-5-3-11(4-6-17)14-18-7-8-19-14/h10-11,14H,3-9H2,1-2H3. The maximum absolute atomic E-state index is 5.59. The minimum absolute atomic E-state index is 0.0214. The molecule has 3 rings (SSSR count). The van der Waals surface area contributed by atoms with E-state index in [0.29, 0.717) is 11.8 Å². The Labute approximate surface area is 119 Å². The molecule has 2 aliphatic rings. The summed E-state index contributed by atoms with van der Waals surface area (Å²) in [7, 11) is 0. The van der Waals surface area contributed by atoms with E-state index < -0.39 is 0 Å². The molecule has 0 bridgehead atoms. The molecule has 0 aromatic carbocycles. The molecule has 2 fully saturated rings. The van der Waals surface area contributed by atoms with Crippen LogP contribution in [0.25, 0.3) is 0 Å². The Morgan fingerprint density at radius 2 is 1.90 bits per heavy atom. The molecular formula is C14H23N3O3. The van der Waals surface area contributed by atoms with Gasteiger partial charge in [-0.15, -0.1) is 0 Å². The third kappa shape index (κ3) is 3.19. The number of hydrogen-bond acceptors (Lipinski definition) is 6. The molecule has 0 unspecified atom stereocenters. The number of aromatic nitrogens is 2. The third-order valence-corrected chi connectivity index (χ3v) is 4.02. The van der Waals surface area contributed by atoms with Crippen molar-refractivity contribution in [1.82, 2.24) is 15.0 Å². The van der Waals surface area contributed by atoms with E-state index in [0.717, 1.165) is 57.4 Å². The van der Waals surface area contributed by atoms with Crippen molar-refractivity contribution < 1.29 is 14.0 Å². The van der Waals surface area contributed by atoms with Crippen LogP contribution in [0.3, 0.4) is 0 Å². The van der Waals surface area contributed by atoms with Crippen LogP contribution >= 0.6 is 0 Å². The van der Waals surface area contributed by atoms with Crippen LogP contribution in [-0.2, 0) is 16.0 Å². The Kier molecular flexibility index (Phi) is 4.33. The van der Waals surface area contributed by atoms with Gasteiger partial charge in [-0.2, -0.15) is 4.98 Å². The normalized spacial score (nSPS) is 22.9. The van der Waals surface area contributed by atoms with E-state index in [1.165, 1.54) is 0 Å². The first-order valence-electron chi connectivity index (χ1n) is 7.50. The van der Waals surface area contributed by atoms with E-state index in [4.69, 9.17) is 14.0 Å². The van der Waals surface area contributed by atoms with Gasteiger partial charge in [-0.3, -0.25) is 4.90 Å². The number of rotatable bonds is 4. The Balaban J connectivity index is 1.48. The molecule has 0 spiro atoms. The summed E-state index contributed by atoms with van der Waals surface area (Å²) in [5.41, 5.74) is 0. The van der Waals surface area contributed by atoms with Crippen LogP contribution in [0.2, 0.25) is 0 Å². The molecule has 1 aromatic rings. The van der Waals surface area contributed by atoms with Gasteiger partial charge in [-0.05, 0) is 25.9 Å². The summed E-state index contributed by atoms with van der Waals surface area (Å²) in [6.45, 7) is 8.44. The fourth-order valence-electron chi connectivity index (χ4n) is 2.79. The lowest BCUT2D eigenvalue weighted by molar-refractivity contribution is -0.0981. The van der Waals surface area contributed by atoms with Crippen LogP contribution < -0.4 is 0 Å². The molecule has 3 heterocycles. The van der Waals surface area contributed by atoms with Gasteiger partial charge in [0.05, 0.1) is 19.8 Å². The predicted octanol–water partition coefficient (Wildman–Crippen LogP) is 1.78. The first-order valence-corrected chi connectivity index (χ1v) is 7.50. The summed E-state index contributed by atoms with van der Waals surface area (Å²) in [5, 5.41) is 4.01. The number of piperidine rings is 1. The van der Waals surface area contributed by atoms with Gasteiger partial charge in [-0.1, -0.05) is 19.0 Å². The molecule has 6 heteroatoms. The van der Waals surface area contributed by atoms with Crippen molar-refractivity contribution in [2.45, 2.75) is 45.4 Å². The molecule has 20 heavy (non-hydrogen) atoms. The summed E-state index contributed by atoms with van der Waals surface area (Å²) in [6.07, 6.45) is 2.24. The first-order chi connectivity index (χ1) is 9.72. The van der Waals surface area contributed by atoms with Crippen molar-refractivity contribution in [2.75, 3.05) is 26.3 Å². The zero-order valence-corrected chi connectivity index (χ0v) is 12.2. The molecule has 0 atom stereocenters. The molecule has 112 valence electrons. The zero-order chi connectivity index (χ0) is 13.9. The van der Waals surface area contributed by atoms with Gasteiger partial charge in [0, 0.05) is 11.8 Å². The van der Waals surface area contributed by atoms with E-state index in [-0.39, 0.29) is 6.29 Å². The van der Waals surface area contributed by atoms with E-state index in [1.54, 1.807) is 0 Å². The maximum atomic E-state index is 5.59. The molecule has 6 nitrogen and oxygen atoms in total. The van der Waals surface area contributed by atoms with Crippen molar-refractivity contribution in [3.05, 3.63) is 11.7 Å². The van der Waals surface area contributed by atoms with Crippen molar-refractivity contribution >= 4 is 0 Å². The average Bonchev–Trinajstić information content (AvgIpc) is 3.10. The van der Waals surface area contributed by atoms with Gasteiger partial charge in [-0.25, -0.2) is 0 Å². The van der Waals surface area contributed by atoms with Crippen molar-refractivity contribution in [1.29, 1.82) is 0 Å². The summed E-state index contributed by atoms with van der Waals surface area (Å²) < 4.78 is 16.5. The van der Waals surface area contributed by atoms with Crippen LogP contribution in [0.4, 0.5) is 0 Å². The summed E-state index contributed by atoms with van der Waals surface area (Å²) in [4.78, 5) is 6.80. The molecule has 1 aromatic heterocycles.